The summed E-state index contributed by atoms with van der Waals surface area (Å²) in [5.74, 6) is -7.32. The SMILES string of the molecule is CC(C)CC(OC(=O)C12CC3CC(C1)C(=O)[C@H](C3)C2)C(F)(F)C(=O)O. The van der Waals surface area contributed by atoms with Gasteiger partial charge in [-0.25, -0.2) is 4.79 Å². The number of ketones is 1. The first-order valence-electron chi connectivity index (χ1n) is 8.91. The molecule has 4 saturated carbocycles. The molecule has 0 aromatic rings. The molecular formula is C18H24F2O5. The van der Waals surface area contributed by atoms with Crippen molar-refractivity contribution in [2.75, 3.05) is 0 Å². The van der Waals surface area contributed by atoms with Crippen LogP contribution in [0, 0.1) is 29.1 Å². The molecule has 4 unspecified atom stereocenters. The second-order valence-corrected chi connectivity index (χ2v) is 8.48. The van der Waals surface area contributed by atoms with Crippen LogP contribution in [-0.2, 0) is 19.1 Å². The number of carboxylic acid groups (broad SMARTS) is 1. The molecule has 5 atom stereocenters. The summed E-state index contributed by atoms with van der Waals surface area (Å²) in [6.07, 6.45) is 0.585. The van der Waals surface area contributed by atoms with Gasteiger partial charge in [-0.3, -0.25) is 9.59 Å². The van der Waals surface area contributed by atoms with Gasteiger partial charge in [-0.1, -0.05) is 13.8 Å². The third-order valence-corrected chi connectivity index (χ3v) is 6.05. The van der Waals surface area contributed by atoms with Gasteiger partial charge in [0.05, 0.1) is 5.41 Å². The Kier molecular flexibility index (Phi) is 4.40. The van der Waals surface area contributed by atoms with Crippen LogP contribution < -0.4 is 0 Å². The lowest BCUT2D eigenvalue weighted by atomic mass is 9.49. The van der Waals surface area contributed by atoms with Crippen LogP contribution in [0.3, 0.4) is 0 Å². The quantitative estimate of drug-likeness (QED) is 0.738. The van der Waals surface area contributed by atoms with E-state index in [9.17, 15) is 23.2 Å². The smallest absolute Gasteiger partial charge is 0.378 e. The van der Waals surface area contributed by atoms with Gasteiger partial charge >= 0.3 is 17.9 Å². The summed E-state index contributed by atoms with van der Waals surface area (Å²) < 4.78 is 33.2. The summed E-state index contributed by atoms with van der Waals surface area (Å²) in [5, 5.41) is 8.82. The van der Waals surface area contributed by atoms with Crippen LogP contribution in [-0.4, -0.2) is 34.9 Å². The summed E-state index contributed by atoms with van der Waals surface area (Å²) in [5.41, 5.74) is -0.895. The van der Waals surface area contributed by atoms with Gasteiger partial charge in [-0.15, -0.1) is 0 Å². The van der Waals surface area contributed by atoms with Crippen molar-refractivity contribution < 1.29 is 33.0 Å². The van der Waals surface area contributed by atoms with Gasteiger partial charge in [-0.05, 0) is 50.4 Å². The summed E-state index contributed by atoms with van der Waals surface area (Å²) >= 11 is 0. The lowest BCUT2D eigenvalue weighted by Crippen LogP contribution is -2.56. The number of alkyl halides is 2. The van der Waals surface area contributed by atoms with Crippen LogP contribution in [0.4, 0.5) is 8.78 Å². The third-order valence-electron chi connectivity index (χ3n) is 6.05. The zero-order chi connectivity index (χ0) is 18.6. The molecule has 4 fully saturated rings. The Morgan fingerprint density at radius 2 is 1.80 bits per heavy atom. The third kappa shape index (κ3) is 3.06. The lowest BCUT2D eigenvalue weighted by Gasteiger charge is -2.54. The molecule has 4 rings (SSSR count). The van der Waals surface area contributed by atoms with Gasteiger partial charge < -0.3 is 9.84 Å². The van der Waals surface area contributed by atoms with Crippen LogP contribution in [0.2, 0.25) is 0 Å². The van der Waals surface area contributed by atoms with E-state index in [0.29, 0.717) is 19.3 Å². The maximum absolute atomic E-state index is 14.0. The van der Waals surface area contributed by atoms with E-state index in [2.05, 4.69) is 0 Å². The van der Waals surface area contributed by atoms with E-state index in [1.807, 2.05) is 0 Å². The van der Waals surface area contributed by atoms with Crippen LogP contribution in [0.15, 0.2) is 0 Å². The van der Waals surface area contributed by atoms with Crippen molar-refractivity contribution in [3.8, 4) is 0 Å². The lowest BCUT2D eigenvalue weighted by molar-refractivity contribution is -0.206. The molecule has 0 radical (unpaired) electrons. The molecule has 0 amide bonds. The average Bonchev–Trinajstić information content (AvgIpc) is 2.50. The molecule has 0 aromatic carbocycles. The Morgan fingerprint density at radius 1 is 1.24 bits per heavy atom. The van der Waals surface area contributed by atoms with E-state index in [-0.39, 0.29) is 35.9 Å². The first kappa shape index (κ1) is 18.3. The molecule has 0 aromatic heterocycles. The Bertz CT molecular complexity index is 582. The largest absolute Gasteiger partial charge is 0.477 e. The summed E-state index contributed by atoms with van der Waals surface area (Å²) in [6, 6.07) is 0. The number of hydrogen-bond donors (Lipinski definition) is 1. The highest BCUT2D eigenvalue weighted by atomic mass is 19.3. The maximum atomic E-state index is 14.0. The summed E-state index contributed by atoms with van der Waals surface area (Å²) in [6.45, 7) is 3.34. The number of ether oxygens (including phenoxy) is 1. The molecule has 7 heteroatoms. The number of rotatable bonds is 6. The molecular weight excluding hydrogens is 334 g/mol. The fraction of sp³-hybridized carbons (Fsp3) is 0.833. The number of aliphatic carboxylic acids is 1. The van der Waals surface area contributed by atoms with Crippen molar-refractivity contribution in [3.05, 3.63) is 0 Å². The normalized spacial score (nSPS) is 35.1. The van der Waals surface area contributed by atoms with Gasteiger partial charge in [0.15, 0.2) is 6.10 Å². The van der Waals surface area contributed by atoms with Gasteiger partial charge in [0.25, 0.3) is 0 Å². The summed E-state index contributed by atoms with van der Waals surface area (Å²) in [7, 11) is 0. The molecule has 0 saturated heterocycles. The Balaban J connectivity index is 1.80. The molecule has 0 heterocycles. The maximum Gasteiger partial charge on any atom is 0.378 e. The van der Waals surface area contributed by atoms with E-state index in [1.54, 1.807) is 13.8 Å². The molecule has 25 heavy (non-hydrogen) atoms. The topological polar surface area (TPSA) is 80.7 Å². The van der Waals surface area contributed by atoms with Crippen molar-refractivity contribution in [1.82, 2.24) is 0 Å². The zero-order valence-corrected chi connectivity index (χ0v) is 14.5. The number of carbonyl (C=O) groups excluding carboxylic acids is 2. The van der Waals surface area contributed by atoms with Gasteiger partial charge in [0, 0.05) is 11.8 Å². The average molecular weight is 358 g/mol. The van der Waals surface area contributed by atoms with Crippen molar-refractivity contribution in [2.24, 2.45) is 29.1 Å². The molecule has 1 N–H and O–H groups in total. The first-order chi connectivity index (χ1) is 11.5. The number of hydrogen-bond acceptors (Lipinski definition) is 4. The van der Waals surface area contributed by atoms with Crippen molar-refractivity contribution >= 4 is 17.7 Å². The molecule has 4 aliphatic rings. The minimum absolute atomic E-state index is 0.178. The predicted octanol–water partition coefficient (Wildman–Crippen LogP) is 3.06. The highest BCUT2D eigenvalue weighted by Gasteiger charge is 2.60. The number of Topliss-reactive ketones (excluding diaryl/α,β-unsaturated/α-hetero) is 1. The van der Waals surface area contributed by atoms with Crippen molar-refractivity contribution in [1.29, 1.82) is 0 Å². The molecule has 0 aliphatic heterocycles. The van der Waals surface area contributed by atoms with Crippen LogP contribution >= 0.6 is 0 Å². The standard InChI is InChI=1S/C18H24F2O5/c1-9(2)3-13(18(19,20)15(22)23)25-16(24)17-6-10-4-11(7-17)14(21)12(5-10)8-17/h9-13H,3-8H2,1-2H3,(H,22,23)/t10?,11-,12?,13?,17?/m1/s1. The van der Waals surface area contributed by atoms with Crippen LogP contribution in [0.1, 0.15) is 52.4 Å². The van der Waals surface area contributed by atoms with Crippen molar-refractivity contribution in [3.63, 3.8) is 0 Å². The molecule has 140 valence electrons. The Hall–Kier alpha value is -1.53. The van der Waals surface area contributed by atoms with Crippen LogP contribution in [0.25, 0.3) is 0 Å². The van der Waals surface area contributed by atoms with Crippen molar-refractivity contribution in [2.45, 2.75) is 64.4 Å². The second kappa shape index (κ2) is 6.02. The van der Waals surface area contributed by atoms with Gasteiger partial charge in [0.1, 0.15) is 5.78 Å². The highest BCUT2D eigenvalue weighted by Crippen LogP contribution is 2.59. The minimum Gasteiger partial charge on any atom is -0.477 e. The fourth-order valence-corrected chi connectivity index (χ4v) is 5.09. The molecule has 4 bridgehead atoms. The number of halogens is 2. The zero-order valence-electron chi connectivity index (χ0n) is 14.5. The van der Waals surface area contributed by atoms with Crippen LogP contribution in [0.5, 0.6) is 0 Å². The Morgan fingerprint density at radius 3 is 2.28 bits per heavy atom. The van der Waals surface area contributed by atoms with E-state index in [1.165, 1.54) is 0 Å². The molecule has 4 aliphatic carbocycles. The van der Waals surface area contributed by atoms with E-state index in [0.717, 1.165) is 12.8 Å². The van der Waals surface area contributed by atoms with E-state index in [4.69, 9.17) is 9.84 Å². The van der Waals surface area contributed by atoms with E-state index < -0.39 is 29.4 Å². The molecule has 5 nitrogen and oxygen atoms in total. The number of carbonyl (C=O) groups is 3. The van der Waals surface area contributed by atoms with Gasteiger partial charge in [-0.2, -0.15) is 8.78 Å². The minimum atomic E-state index is -4.13. The van der Waals surface area contributed by atoms with E-state index >= 15 is 0 Å². The monoisotopic (exact) mass is 358 g/mol. The Labute approximate surface area is 145 Å². The first-order valence-corrected chi connectivity index (χ1v) is 8.91. The predicted molar refractivity (Wildman–Crippen MR) is 82.9 cm³/mol. The molecule has 0 spiro atoms. The van der Waals surface area contributed by atoms with Gasteiger partial charge in [0.2, 0.25) is 0 Å². The fourth-order valence-electron chi connectivity index (χ4n) is 5.09. The number of esters is 1. The summed E-state index contributed by atoms with van der Waals surface area (Å²) in [4.78, 5) is 35.9. The second-order valence-electron chi connectivity index (χ2n) is 8.48. The highest BCUT2D eigenvalue weighted by molar-refractivity contribution is 5.90. The number of carboxylic acids is 1.